The number of hydrogen-bond donors (Lipinski definition) is 1. The van der Waals surface area contributed by atoms with Gasteiger partial charge in [-0.15, -0.1) is 0 Å². The van der Waals surface area contributed by atoms with Crippen LogP contribution in [0, 0.1) is 0 Å². The molecule has 0 saturated carbocycles. The molecule has 0 spiro atoms. The minimum absolute atomic E-state index is 0.209. The number of rotatable bonds is 7. The van der Waals surface area contributed by atoms with E-state index in [0.29, 0.717) is 17.4 Å². The minimum Gasteiger partial charge on any atom is -0.487 e. The number of fused-ring (bicyclic) bond motifs is 2. The van der Waals surface area contributed by atoms with Crippen LogP contribution in [0.1, 0.15) is 21.9 Å². The predicted octanol–water partition coefficient (Wildman–Crippen LogP) is 5.89. The lowest BCUT2D eigenvalue weighted by Crippen LogP contribution is -2.00. The average Bonchev–Trinajstić information content (AvgIpc) is 3.28. The number of benzene rings is 3. The summed E-state index contributed by atoms with van der Waals surface area (Å²) in [5.41, 5.74) is 3.21. The zero-order valence-corrected chi connectivity index (χ0v) is 18.0. The molecule has 33 heavy (non-hydrogen) atoms. The first kappa shape index (κ1) is 20.8. The molecule has 0 fully saturated rings. The quantitative estimate of drug-likeness (QED) is 0.323. The third-order valence-corrected chi connectivity index (χ3v) is 5.30. The second-order valence-electron chi connectivity index (χ2n) is 7.26. The van der Waals surface area contributed by atoms with E-state index in [-0.39, 0.29) is 23.5 Å². The Kier molecular flexibility index (Phi) is 5.54. The molecule has 1 N–H and O–H groups in total. The van der Waals surface area contributed by atoms with Gasteiger partial charge in [0.05, 0.1) is 16.2 Å². The largest absolute Gasteiger partial charge is 0.487 e. The Morgan fingerprint density at radius 2 is 1.73 bits per heavy atom. The van der Waals surface area contributed by atoms with E-state index in [1.807, 2.05) is 60.7 Å². The number of para-hydroxylation sites is 1. The molecule has 8 heteroatoms. The second-order valence-corrected chi connectivity index (χ2v) is 7.67. The Bertz CT molecular complexity index is 1460. The van der Waals surface area contributed by atoms with Crippen molar-refractivity contribution in [1.82, 2.24) is 9.97 Å². The van der Waals surface area contributed by atoms with E-state index >= 15 is 0 Å². The van der Waals surface area contributed by atoms with Gasteiger partial charge in [-0.1, -0.05) is 48.0 Å². The number of carboxylic acid groups (broad SMARTS) is 1. The molecular formula is C25H17ClN2O5. The summed E-state index contributed by atoms with van der Waals surface area (Å²) in [5, 5.41) is 10.5. The molecule has 0 aliphatic carbocycles. The van der Waals surface area contributed by atoms with E-state index in [1.165, 1.54) is 0 Å². The first-order valence-corrected chi connectivity index (χ1v) is 10.5. The predicted molar refractivity (Wildman–Crippen MR) is 123 cm³/mol. The van der Waals surface area contributed by atoms with Gasteiger partial charge in [-0.25, -0.2) is 9.78 Å². The van der Waals surface area contributed by atoms with Crippen LogP contribution in [-0.4, -0.2) is 21.0 Å². The number of oxazole rings is 1. The topological polar surface area (TPSA) is 94.7 Å². The van der Waals surface area contributed by atoms with Crippen LogP contribution in [0.15, 0.2) is 77.2 Å². The molecule has 5 rings (SSSR count). The van der Waals surface area contributed by atoms with Gasteiger partial charge in [0, 0.05) is 5.39 Å². The Hall–Kier alpha value is -4.10. The lowest BCUT2D eigenvalue weighted by atomic mass is 10.2. The molecule has 0 bridgehead atoms. The van der Waals surface area contributed by atoms with E-state index < -0.39 is 11.9 Å². The van der Waals surface area contributed by atoms with Gasteiger partial charge in [0.15, 0.2) is 16.8 Å². The summed E-state index contributed by atoms with van der Waals surface area (Å²) in [5.74, 6) is -0.702. The molecule has 0 radical (unpaired) electrons. The molecule has 164 valence electrons. The van der Waals surface area contributed by atoms with Gasteiger partial charge >= 0.3 is 11.9 Å². The van der Waals surface area contributed by atoms with Gasteiger partial charge < -0.3 is 19.0 Å². The van der Waals surface area contributed by atoms with Crippen LogP contribution in [0.5, 0.6) is 11.5 Å². The zero-order valence-electron chi connectivity index (χ0n) is 17.2. The number of aromatic carboxylic acids is 1. The molecule has 7 nitrogen and oxygen atoms in total. The third-order valence-electron chi connectivity index (χ3n) is 5.00. The average molecular weight is 461 g/mol. The summed E-state index contributed by atoms with van der Waals surface area (Å²) < 4.78 is 16.9. The van der Waals surface area contributed by atoms with E-state index in [9.17, 15) is 4.79 Å². The van der Waals surface area contributed by atoms with Gasteiger partial charge in [0.25, 0.3) is 0 Å². The van der Waals surface area contributed by atoms with Gasteiger partial charge in [-0.05, 0) is 42.0 Å². The van der Waals surface area contributed by atoms with Crippen molar-refractivity contribution >= 4 is 39.6 Å². The monoisotopic (exact) mass is 460 g/mol. The zero-order chi connectivity index (χ0) is 22.8. The Morgan fingerprint density at radius 1 is 0.909 bits per heavy atom. The van der Waals surface area contributed by atoms with Crippen molar-refractivity contribution in [2.24, 2.45) is 0 Å². The van der Waals surface area contributed by atoms with Crippen molar-refractivity contribution < 1.29 is 23.8 Å². The summed E-state index contributed by atoms with van der Waals surface area (Å²) in [6, 6.07) is 22.5. The molecule has 3 aromatic carbocycles. The van der Waals surface area contributed by atoms with Crippen molar-refractivity contribution in [2.75, 3.05) is 0 Å². The van der Waals surface area contributed by atoms with E-state index in [0.717, 1.165) is 22.2 Å². The number of pyridine rings is 1. The van der Waals surface area contributed by atoms with E-state index in [2.05, 4.69) is 9.97 Å². The highest BCUT2D eigenvalue weighted by Gasteiger charge is 2.18. The van der Waals surface area contributed by atoms with Crippen molar-refractivity contribution in [3.05, 3.63) is 95.0 Å². The number of ether oxygens (including phenoxy) is 2. The molecule has 5 aromatic rings. The van der Waals surface area contributed by atoms with Gasteiger partial charge in [-0.3, -0.25) is 0 Å². The highest BCUT2D eigenvalue weighted by molar-refractivity contribution is 6.33. The summed E-state index contributed by atoms with van der Waals surface area (Å²) in [4.78, 5) is 19.7. The highest BCUT2D eigenvalue weighted by atomic mass is 35.5. The molecule has 2 aromatic heterocycles. The molecule has 0 atom stereocenters. The third kappa shape index (κ3) is 4.44. The first-order valence-electron chi connectivity index (χ1n) is 10.1. The Labute approximate surface area is 193 Å². The number of hydrogen-bond acceptors (Lipinski definition) is 6. The smallest absolute Gasteiger partial charge is 0.392 e. The number of aromatic nitrogens is 2. The van der Waals surface area contributed by atoms with Gasteiger partial charge in [0.1, 0.15) is 19.0 Å². The maximum absolute atomic E-state index is 11.1. The van der Waals surface area contributed by atoms with Crippen LogP contribution >= 0.6 is 11.6 Å². The maximum atomic E-state index is 11.1. The normalized spacial score (nSPS) is 11.1. The SMILES string of the molecule is O=C(O)c1nc2c(OCc3ccc(OCc4ccc5ccccc5n4)cc3)c(Cl)ccc2o1. The lowest BCUT2D eigenvalue weighted by molar-refractivity contribution is 0.0656. The summed E-state index contributed by atoms with van der Waals surface area (Å²) in [7, 11) is 0. The van der Waals surface area contributed by atoms with Crippen LogP contribution in [0.3, 0.4) is 0 Å². The molecule has 0 amide bonds. The fraction of sp³-hybridized carbons (Fsp3) is 0.0800. The molecular weight excluding hydrogens is 444 g/mol. The van der Waals surface area contributed by atoms with Crippen molar-refractivity contribution in [3.8, 4) is 11.5 Å². The number of nitrogens with zero attached hydrogens (tertiary/aromatic N) is 2. The fourth-order valence-electron chi connectivity index (χ4n) is 3.36. The van der Waals surface area contributed by atoms with Gasteiger partial charge in [-0.2, -0.15) is 4.98 Å². The van der Waals surface area contributed by atoms with Gasteiger partial charge in [0.2, 0.25) is 0 Å². The first-order chi connectivity index (χ1) is 16.1. The number of carbonyl (C=O) groups is 1. The van der Waals surface area contributed by atoms with E-state index in [4.69, 9.17) is 30.6 Å². The van der Waals surface area contributed by atoms with Crippen molar-refractivity contribution in [1.29, 1.82) is 0 Å². The molecule has 0 aliphatic rings. The van der Waals surface area contributed by atoms with Crippen molar-refractivity contribution in [2.45, 2.75) is 13.2 Å². The highest BCUT2D eigenvalue weighted by Crippen LogP contribution is 2.34. The molecule has 0 unspecified atom stereocenters. The standard InChI is InChI=1S/C25H17ClN2O5/c26-19-11-12-21-22(28-24(33-21)25(29)30)23(19)32-13-15-5-9-18(10-6-15)31-14-17-8-7-16-3-1-2-4-20(16)27-17/h1-12H,13-14H2,(H,29,30). The Balaban J connectivity index is 1.24. The van der Waals surface area contributed by atoms with Crippen molar-refractivity contribution in [3.63, 3.8) is 0 Å². The van der Waals surface area contributed by atoms with Crippen LogP contribution in [-0.2, 0) is 13.2 Å². The molecule has 2 heterocycles. The van der Waals surface area contributed by atoms with Crippen LogP contribution < -0.4 is 9.47 Å². The second kappa shape index (κ2) is 8.80. The van der Waals surface area contributed by atoms with Crippen LogP contribution in [0.25, 0.3) is 22.0 Å². The fourth-order valence-corrected chi connectivity index (χ4v) is 3.56. The molecule has 0 saturated heterocycles. The minimum atomic E-state index is -1.26. The summed E-state index contributed by atoms with van der Waals surface area (Å²) in [6.07, 6.45) is 0. The Morgan fingerprint density at radius 3 is 2.55 bits per heavy atom. The maximum Gasteiger partial charge on any atom is 0.392 e. The number of halogens is 1. The summed E-state index contributed by atoms with van der Waals surface area (Å²) in [6.45, 7) is 0.566. The van der Waals surface area contributed by atoms with Crippen LogP contribution in [0.4, 0.5) is 0 Å². The van der Waals surface area contributed by atoms with Crippen LogP contribution in [0.2, 0.25) is 5.02 Å². The molecule has 0 aliphatic heterocycles. The van der Waals surface area contributed by atoms with E-state index in [1.54, 1.807) is 12.1 Å². The lowest BCUT2D eigenvalue weighted by Gasteiger charge is -2.10. The summed E-state index contributed by atoms with van der Waals surface area (Å²) >= 11 is 6.24. The number of carboxylic acids is 1.